The van der Waals surface area contributed by atoms with Gasteiger partial charge in [0.1, 0.15) is 5.75 Å². The molecule has 0 aliphatic rings. The molecule has 0 aliphatic carbocycles. The fourth-order valence-corrected chi connectivity index (χ4v) is 1.41. The van der Waals surface area contributed by atoms with Gasteiger partial charge in [-0.15, -0.1) is 0 Å². The highest BCUT2D eigenvalue weighted by Gasteiger charge is 2.01. The van der Waals surface area contributed by atoms with Crippen LogP contribution in [0.5, 0.6) is 11.8 Å². The first-order valence-electron chi connectivity index (χ1n) is 4.73. The maximum atomic E-state index is 5.48. The summed E-state index contributed by atoms with van der Waals surface area (Å²) in [6, 6.07) is 9.52. The zero-order chi connectivity index (χ0) is 11.4. The van der Waals surface area contributed by atoms with Gasteiger partial charge in [0.15, 0.2) is 0 Å². The minimum absolute atomic E-state index is 0.310. The van der Waals surface area contributed by atoms with Crippen molar-refractivity contribution in [1.82, 2.24) is 9.97 Å². The summed E-state index contributed by atoms with van der Waals surface area (Å²) in [5.74, 6) is 0.692. The van der Waals surface area contributed by atoms with Crippen molar-refractivity contribution >= 4 is 15.9 Å². The molecule has 0 unspecified atom stereocenters. The van der Waals surface area contributed by atoms with E-state index < -0.39 is 0 Å². The van der Waals surface area contributed by atoms with E-state index in [1.807, 2.05) is 24.3 Å². The summed E-state index contributed by atoms with van der Waals surface area (Å²) in [4.78, 5) is 8.14. The number of rotatable bonds is 3. The maximum absolute atomic E-state index is 5.48. The van der Waals surface area contributed by atoms with Crippen LogP contribution in [0.2, 0.25) is 0 Å². The molecule has 82 valence electrons. The van der Waals surface area contributed by atoms with Gasteiger partial charge in [0.05, 0.1) is 5.69 Å². The van der Waals surface area contributed by atoms with Gasteiger partial charge in [-0.1, -0.05) is 15.9 Å². The first-order valence-corrected chi connectivity index (χ1v) is 5.52. The van der Waals surface area contributed by atoms with Crippen LogP contribution in [-0.4, -0.2) is 9.97 Å². The van der Waals surface area contributed by atoms with E-state index in [0.29, 0.717) is 18.3 Å². The summed E-state index contributed by atoms with van der Waals surface area (Å²) < 4.78 is 6.47. The Morgan fingerprint density at radius 3 is 2.62 bits per heavy atom. The predicted molar refractivity (Wildman–Crippen MR) is 64.1 cm³/mol. The molecule has 1 heterocycles. The summed E-state index contributed by atoms with van der Waals surface area (Å²) in [6.07, 6.45) is 1.63. The van der Waals surface area contributed by atoms with Crippen LogP contribution in [0.4, 0.5) is 0 Å². The Balaban J connectivity index is 2.16. The average molecular weight is 280 g/mol. The second-order valence-corrected chi connectivity index (χ2v) is 4.01. The molecule has 0 fully saturated rings. The fourth-order valence-electron chi connectivity index (χ4n) is 1.15. The first kappa shape index (κ1) is 11.0. The standard InChI is InChI=1S/C11H10BrN3O/c12-8-1-3-10(4-2-8)16-11-14-6-5-9(7-13)15-11/h1-6H,7,13H2. The third-order valence-corrected chi connectivity index (χ3v) is 2.45. The minimum atomic E-state index is 0.310. The number of hydrogen-bond acceptors (Lipinski definition) is 4. The van der Waals surface area contributed by atoms with Crippen LogP contribution in [-0.2, 0) is 6.54 Å². The van der Waals surface area contributed by atoms with Gasteiger partial charge in [-0.2, -0.15) is 4.98 Å². The van der Waals surface area contributed by atoms with E-state index in [0.717, 1.165) is 10.2 Å². The summed E-state index contributed by atoms with van der Waals surface area (Å²) in [5, 5.41) is 0. The lowest BCUT2D eigenvalue weighted by atomic mass is 10.3. The zero-order valence-corrected chi connectivity index (χ0v) is 10.0. The molecule has 5 heteroatoms. The van der Waals surface area contributed by atoms with Crippen LogP contribution < -0.4 is 10.5 Å². The molecule has 1 aromatic heterocycles. The van der Waals surface area contributed by atoms with Gasteiger partial charge in [-0.05, 0) is 30.3 Å². The number of halogens is 1. The Kier molecular flexibility index (Phi) is 3.48. The number of nitrogens with two attached hydrogens (primary N) is 1. The Morgan fingerprint density at radius 1 is 1.19 bits per heavy atom. The molecule has 2 N–H and O–H groups in total. The maximum Gasteiger partial charge on any atom is 0.322 e. The Bertz CT molecular complexity index is 473. The molecule has 0 saturated carbocycles. The quantitative estimate of drug-likeness (QED) is 0.938. The molecule has 0 aliphatic heterocycles. The molecule has 1 aromatic carbocycles. The van der Waals surface area contributed by atoms with Gasteiger partial charge >= 0.3 is 6.01 Å². The number of ether oxygens (including phenoxy) is 1. The van der Waals surface area contributed by atoms with Crippen molar-refractivity contribution < 1.29 is 4.74 Å². The Hall–Kier alpha value is -1.46. The van der Waals surface area contributed by atoms with E-state index in [1.165, 1.54) is 0 Å². The topological polar surface area (TPSA) is 61.0 Å². The van der Waals surface area contributed by atoms with Crippen molar-refractivity contribution in [3.8, 4) is 11.8 Å². The normalized spacial score (nSPS) is 10.1. The van der Waals surface area contributed by atoms with E-state index in [1.54, 1.807) is 12.3 Å². The van der Waals surface area contributed by atoms with E-state index in [2.05, 4.69) is 25.9 Å². The molecular weight excluding hydrogens is 270 g/mol. The molecule has 2 aromatic rings. The van der Waals surface area contributed by atoms with Gasteiger partial charge < -0.3 is 10.5 Å². The number of benzene rings is 1. The zero-order valence-electron chi connectivity index (χ0n) is 8.43. The molecule has 2 rings (SSSR count). The summed E-state index contributed by atoms with van der Waals surface area (Å²) in [5.41, 5.74) is 6.23. The Morgan fingerprint density at radius 2 is 1.94 bits per heavy atom. The van der Waals surface area contributed by atoms with E-state index >= 15 is 0 Å². The molecule has 0 bridgehead atoms. The summed E-state index contributed by atoms with van der Waals surface area (Å²) in [7, 11) is 0. The van der Waals surface area contributed by atoms with Crippen molar-refractivity contribution in [1.29, 1.82) is 0 Å². The highest BCUT2D eigenvalue weighted by molar-refractivity contribution is 9.10. The van der Waals surface area contributed by atoms with Crippen molar-refractivity contribution in [2.45, 2.75) is 6.54 Å². The van der Waals surface area contributed by atoms with Crippen LogP contribution in [0, 0.1) is 0 Å². The Labute approximate surface area is 102 Å². The summed E-state index contributed by atoms with van der Waals surface area (Å²) >= 11 is 3.35. The second kappa shape index (κ2) is 5.05. The molecule has 0 saturated heterocycles. The molecule has 0 spiro atoms. The predicted octanol–water partition coefficient (Wildman–Crippen LogP) is 2.49. The SMILES string of the molecule is NCc1ccnc(Oc2ccc(Br)cc2)n1. The molecule has 16 heavy (non-hydrogen) atoms. The third-order valence-electron chi connectivity index (χ3n) is 1.92. The highest BCUT2D eigenvalue weighted by atomic mass is 79.9. The van der Waals surface area contributed by atoms with Crippen LogP contribution in [0.25, 0.3) is 0 Å². The lowest BCUT2D eigenvalue weighted by Gasteiger charge is -2.04. The minimum Gasteiger partial charge on any atom is -0.424 e. The summed E-state index contributed by atoms with van der Waals surface area (Å²) in [6.45, 7) is 0.374. The van der Waals surface area contributed by atoms with Crippen molar-refractivity contribution in [3.63, 3.8) is 0 Å². The average Bonchev–Trinajstić information content (AvgIpc) is 2.32. The lowest BCUT2D eigenvalue weighted by Crippen LogP contribution is -2.01. The van der Waals surface area contributed by atoms with Crippen molar-refractivity contribution in [2.24, 2.45) is 5.73 Å². The van der Waals surface area contributed by atoms with Crippen molar-refractivity contribution in [2.75, 3.05) is 0 Å². The van der Waals surface area contributed by atoms with E-state index in [4.69, 9.17) is 10.5 Å². The third kappa shape index (κ3) is 2.77. The molecule has 0 atom stereocenters. The van der Waals surface area contributed by atoms with Crippen LogP contribution in [0.3, 0.4) is 0 Å². The fraction of sp³-hybridized carbons (Fsp3) is 0.0909. The number of nitrogens with zero attached hydrogens (tertiary/aromatic N) is 2. The molecular formula is C11H10BrN3O. The monoisotopic (exact) mass is 279 g/mol. The van der Waals surface area contributed by atoms with Gasteiger partial charge in [0.2, 0.25) is 0 Å². The first-order chi connectivity index (χ1) is 7.78. The highest BCUT2D eigenvalue weighted by Crippen LogP contribution is 2.20. The van der Waals surface area contributed by atoms with Crippen molar-refractivity contribution in [3.05, 3.63) is 46.7 Å². The van der Waals surface area contributed by atoms with E-state index in [9.17, 15) is 0 Å². The van der Waals surface area contributed by atoms with E-state index in [-0.39, 0.29) is 0 Å². The number of hydrogen-bond donors (Lipinski definition) is 1. The number of aromatic nitrogens is 2. The molecule has 0 amide bonds. The lowest BCUT2D eigenvalue weighted by molar-refractivity contribution is 0.439. The molecule has 4 nitrogen and oxygen atoms in total. The smallest absolute Gasteiger partial charge is 0.322 e. The molecule has 0 radical (unpaired) electrons. The van der Waals surface area contributed by atoms with Crippen LogP contribution >= 0.6 is 15.9 Å². The second-order valence-electron chi connectivity index (χ2n) is 3.09. The van der Waals surface area contributed by atoms with Crippen LogP contribution in [0.1, 0.15) is 5.69 Å². The largest absolute Gasteiger partial charge is 0.424 e. The van der Waals surface area contributed by atoms with Gasteiger partial charge in [-0.3, -0.25) is 0 Å². The van der Waals surface area contributed by atoms with Gasteiger partial charge in [-0.25, -0.2) is 4.98 Å². The van der Waals surface area contributed by atoms with Crippen LogP contribution in [0.15, 0.2) is 41.0 Å². The van der Waals surface area contributed by atoms with Gasteiger partial charge in [0.25, 0.3) is 0 Å². The van der Waals surface area contributed by atoms with Gasteiger partial charge in [0, 0.05) is 17.2 Å².